The molecule has 0 saturated heterocycles. The first-order chi connectivity index (χ1) is 8.31. The van der Waals surface area contributed by atoms with Gasteiger partial charge in [-0.25, -0.2) is 4.98 Å². The van der Waals surface area contributed by atoms with Crippen LogP contribution in [-0.4, -0.2) is 16.5 Å². The summed E-state index contributed by atoms with van der Waals surface area (Å²) >= 11 is 1.63. The van der Waals surface area contributed by atoms with Crippen LogP contribution in [0.3, 0.4) is 0 Å². The Balaban J connectivity index is 2.21. The summed E-state index contributed by atoms with van der Waals surface area (Å²) < 4.78 is 0. The average Bonchev–Trinajstić information content (AvgIpc) is 2.73. The maximum Gasteiger partial charge on any atom is 0.127 e. The van der Waals surface area contributed by atoms with Gasteiger partial charge < -0.3 is 5.32 Å². The number of aryl methyl sites for hydroxylation is 1. The molecule has 0 atom stereocenters. The standard InChI is InChI=1S/C13H13N3S/c1-3-4-8-15-12-10(2)16-13(17-12)11-6-5-7-14-9-11/h5-7,9,15H,8H2,1-2H3. The molecule has 0 aliphatic heterocycles. The highest BCUT2D eigenvalue weighted by Gasteiger charge is 2.08. The molecule has 2 aromatic heterocycles. The van der Waals surface area contributed by atoms with Crippen molar-refractivity contribution < 1.29 is 0 Å². The van der Waals surface area contributed by atoms with E-state index in [1.165, 1.54) is 0 Å². The fourth-order valence-electron chi connectivity index (χ4n) is 1.39. The van der Waals surface area contributed by atoms with Gasteiger partial charge in [0.25, 0.3) is 0 Å². The minimum Gasteiger partial charge on any atom is -0.364 e. The maximum absolute atomic E-state index is 4.53. The van der Waals surface area contributed by atoms with Gasteiger partial charge >= 0.3 is 0 Å². The maximum atomic E-state index is 4.53. The van der Waals surface area contributed by atoms with E-state index in [0.717, 1.165) is 21.3 Å². The first-order valence-electron chi connectivity index (χ1n) is 5.32. The van der Waals surface area contributed by atoms with Crippen LogP contribution in [0, 0.1) is 18.8 Å². The Kier molecular flexibility index (Phi) is 3.73. The molecule has 0 amide bonds. The van der Waals surface area contributed by atoms with Crippen molar-refractivity contribution in [1.82, 2.24) is 9.97 Å². The van der Waals surface area contributed by atoms with Gasteiger partial charge in [-0.15, -0.1) is 5.92 Å². The zero-order chi connectivity index (χ0) is 12.1. The summed E-state index contributed by atoms with van der Waals surface area (Å²) in [5.74, 6) is 5.84. The third-order valence-corrected chi connectivity index (χ3v) is 3.38. The molecule has 0 aliphatic rings. The molecule has 2 aromatic rings. The highest BCUT2D eigenvalue weighted by molar-refractivity contribution is 7.19. The number of thiazole rings is 1. The van der Waals surface area contributed by atoms with Crippen molar-refractivity contribution in [3.05, 3.63) is 30.2 Å². The van der Waals surface area contributed by atoms with Gasteiger partial charge in [0.05, 0.1) is 12.2 Å². The predicted octanol–water partition coefficient (Wildman–Crippen LogP) is 2.95. The SMILES string of the molecule is CC#CCNc1sc(-c2cccnc2)nc1C. The molecule has 0 fully saturated rings. The predicted molar refractivity (Wildman–Crippen MR) is 72.0 cm³/mol. The number of hydrogen-bond donors (Lipinski definition) is 1. The van der Waals surface area contributed by atoms with Crippen LogP contribution in [0.2, 0.25) is 0 Å². The Labute approximate surface area is 105 Å². The fourth-order valence-corrected chi connectivity index (χ4v) is 2.34. The smallest absolute Gasteiger partial charge is 0.127 e. The van der Waals surface area contributed by atoms with Crippen molar-refractivity contribution in [2.45, 2.75) is 13.8 Å². The van der Waals surface area contributed by atoms with Crippen molar-refractivity contribution in [2.24, 2.45) is 0 Å². The fraction of sp³-hybridized carbons (Fsp3) is 0.231. The molecule has 2 heterocycles. The molecule has 86 valence electrons. The zero-order valence-corrected chi connectivity index (χ0v) is 10.6. The molecule has 0 aliphatic carbocycles. The molecule has 2 rings (SSSR count). The number of pyridine rings is 1. The van der Waals surface area contributed by atoms with E-state index in [1.54, 1.807) is 17.5 Å². The number of hydrogen-bond acceptors (Lipinski definition) is 4. The van der Waals surface area contributed by atoms with Crippen LogP contribution in [0.15, 0.2) is 24.5 Å². The lowest BCUT2D eigenvalue weighted by atomic mass is 10.3. The van der Waals surface area contributed by atoms with Crippen LogP contribution in [0.25, 0.3) is 10.6 Å². The quantitative estimate of drug-likeness (QED) is 0.842. The Morgan fingerprint density at radius 2 is 2.35 bits per heavy atom. The van der Waals surface area contributed by atoms with Crippen LogP contribution >= 0.6 is 11.3 Å². The lowest BCUT2D eigenvalue weighted by molar-refractivity contribution is 1.24. The molecule has 0 spiro atoms. The number of nitrogens with one attached hydrogen (secondary N) is 1. The van der Waals surface area contributed by atoms with Gasteiger partial charge in [-0.3, -0.25) is 4.98 Å². The molecule has 0 bridgehead atoms. The van der Waals surface area contributed by atoms with Crippen LogP contribution in [0.4, 0.5) is 5.00 Å². The van der Waals surface area contributed by atoms with Gasteiger partial charge in [0, 0.05) is 18.0 Å². The monoisotopic (exact) mass is 243 g/mol. The van der Waals surface area contributed by atoms with E-state index in [2.05, 4.69) is 27.1 Å². The molecule has 17 heavy (non-hydrogen) atoms. The van der Waals surface area contributed by atoms with Crippen LogP contribution in [0.1, 0.15) is 12.6 Å². The van der Waals surface area contributed by atoms with Crippen LogP contribution in [-0.2, 0) is 0 Å². The van der Waals surface area contributed by atoms with E-state index in [4.69, 9.17) is 0 Å². The second-order valence-corrected chi connectivity index (χ2v) is 4.45. The van der Waals surface area contributed by atoms with Gasteiger partial charge in [0.1, 0.15) is 10.0 Å². The average molecular weight is 243 g/mol. The molecule has 1 N–H and O–H groups in total. The van der Waals surface area contributed by atoms with Crippen LogP contribution in [0.5, 0.6) is 0 Å². The van der Waals surface area contributed by atoms with Gasteiger partial charge in [0.2, 0.25) is 0 Å². The minimum atomic E-state index is 0.659. The molecule has 0 saturated carbocycles. The molecular weight excluding hydrogens is 230 g/mol. The Morgan fingerprint density at radius 3 is 3.06 bits per heavy atom. The molecule has 3 nitrogen and oxygen atoms in total. The molecule has 0 aromatic carbocycles. The van der Waals surface area contributed by atoms with E-state index in [0.29, 0.717) is 6.54 Å². The number of aromatic nitrogens is 2. The van der Waals surface area contributed by atoms with Crippen molar-refractivity contribution in [2.75, 3.05) is 11.9 Å². The molecular formula is C13H13N3S. The number of rotatable bonds is 3. The highest BCUT2D eigenvalue weighted by Crippen LogP contribution is 2.30. The van der Waals surface area contributed by atoms with Crippen molar-refractivity contribution in [3.8, 4) is 22.4 Å². The Bertz CT molecular complexity index is 549. The summed E-state index contributed by atoms with van der Waals surface area (Å²) in [6, 6.07) is 3.93. The molecule has 0 unspecified atom stereocenters. The van der Waals surface area contributed by atoms with Gasteiger partial charge in [-0.2, -0.15) is 0 Å². The Hall–Kier alpha value is -1.86. The largest absolute Gasteiger partial charge is 0.364 e. The van der Waals surface area contributed by atoms with Gasteiger partial charge in [0.15, 0.2) is 0 Å². The third kappa shape index (κ3) is 2.83. The van der Waals surface area contributed by atoms with Gasteiger partial charge in [-0.05, 0) is 26.0 Å². The summed E-state index contributed by atoms with van der Waals surface area (Å²) in [6.45, 7) is 4.49. The second kappa shape index (κ2) is 5.46. The number of nitrogens with zero attached hydrogens (tertiary/aromatic N) is 2. The summed E-state index contributed by atoms with van der Waals surface area (Å²) in [6.07, 6.45) is 3.59. The van der Waals surface area contributed by atoms with E-state index in [9.17, 15) is 0 Å². The topological polar surface area (TPSA) is 37.8 Å². The van der Waals surface area contributed by atoms with E-state index in [1.807, 2.05) is 32.2 Å². The van der Waals surface area contributed by atoms with Crippen molar-refractivity contribution >= 4 is 16.3 Å². The lowest BCUT2D eigenvalue weighted by Gasteiger charge is -1.96. The first-order valence-corrected chi connectivity index (χ1v) is 6.14. The third-order valence-electron chi connectivity index (χ3n) is 2.22. The first kappa shape index (κ1) is 11.6. The van der Waals surface area contributed by atoms with Crippen LogP contribution < -0.4 is 5.32 Å². The van der Waals surface area contributed by atoms with E-state index in [-0.39, 0.29) is 0 Å². The lowest BCUT2D eigenvalue weighted by Crippen LogP contribution is -1.97. The summed E-state index contributed by atoms with van der Waals surface area (Å²) in [5, 5.41) is 5.33. The molecule has 0 radical (unpaired) electrons. The highest BCUT2D eigenvalue weighted by atomic mass is 32.1. The summed E-state index contributed by atoms with van der Waals surface area (Å²) in [7, 11) is 0. The Morgan fingerprint density at radius 1 is 1.47 bits per heavy atom. The van der Waals surface area contributed by atoms with Crippen molar-refractivity contribution in [1.29, 1.82) is 0 Å². The second-order valence-electron chi connectivity index (χ2n) is 3.46. The summed E-state index contributed by atoms with van der Waals surface area (Å²) in [4.78, 5) is 8.63. The van der Waals surface area contributed by atoms with E-state index < -0.39 is 0 Å². The van der Waals surface area contributed by atoms with Crippen molar-refractivity contribution in [3.63, 3.8) is 0 Å². The summed E-state index contributed by atoms with van der Waals surface area (Å²) in [5.41, 5.74) is 2.06. The minimum absolute atomic E-state index is 0.659. The molecule has 4 heteroatoms. The zero-order valence-electron chi connectivity index (χ0n) is 9.82. The van der Waals surface area contributed by atoms with E-state index >= 15 is 0 Å². The number of anilines is 1. The normalized spacial score (nSPS) is 9.53. The van der Waals surface area contributed by atoms with Gasteiger partial charge in [-0.1, -0.05) is 17.3 Å².